The van der Waals surface area contributed by atoms with Gasteiger partial charge in [-0.15, -0.1) is 0 Å². The highest BCUT2D eigenvalue weighted by Gasteiger charge is 2.12. The van der Waals surface area contributed by atoms with Crippen LogP contribution in [0.2, 0.25) is 5.15 Å². The van der Waals surface area contributed by atoms with E-state index in [1.165, 1.54) is 12.1 Å². The van der Waals surface area contributed by atoms with E-state index in [9.17, 15) is 4.39 Å². The maximum Gasteiger partial charge on any atom is 0.227 e. The van der Waals surface area contributed by atoms with Gasteiger partial charge in [-0.25, -0.2) is 9.37 Å². The summed E-state index contributed by atoms with van der Waals surface area (Å²) in [4.78, 5) is 8.55. The zero-order valence-electron chi connectivity index (χ0n) is 11.7. The van der Waals surface area contributed by atoms with Crippen LogP contribution in [0.5, 0.6) is 11.6 Å². The summed E-state index contributed by atoms with van der Waals surface area (Å²) in [5.74, 6) is 1.09. The molecule has 1 aromatic carbocycles. The molecule has 0 saturated carbocycles. The molecular formula is C15H16ClFN2O. The van der Waals surface area contributed by atoms with Crippen molar-refractivity contribution in [1.29, 1.82) is 0 Å². The first kappa shape index (κ1) is 14.7. The summed E-state index contributed by atoms with van der Waals surface area (Å²) in [7, 11) is 0. The number of ether oxygens (including phenoxy) is 1. The Balaban J connectivity index is 2.39. The number of nitrogens with zero attached hydrogens (tertiary/aromatic N) is 2. The van der Waals surface area contributed by atoms with Gasteiger partial charge in [-0.2, -0.15) is 4.98 Å². The Morgan fingerprint density at radius 2 is 2.00 bits per heavy atom. The summed E-state index contributed by atoms with van der Waals surface area (Å²) < 4.78 is 19.0. The molecule has 5 heteroatoms. The number of aromatic nitrogens is 2. The fourth-order valence-electron chi connectivity index (χ4n) is 1.73. The second-order valence-corrected chi connectivity index (χ2v) is 4.98. The Morgan fingerprint density at radius 1 is 1.25 bits per heavy atom. The average Bonchev–Trinajstić information content (AvgIpc) is 2.40. The van der Waals surface area contributed by atoms with E-state index >= 15 is 0 Å². The molecule has 106 valence electrons. The van der Waals surface area contributed by atoms with Gasteiger partial charge in [-0.05, 0) is 31.9 Å². The lowest BCUT2D eigenvalue weighted by Gasteiger charge is -2.12. The highest BCUT2D eigenvalue weighted by molar-refractivity contribution is 6.30. The third-order valence-corrected chi connectivity index (χ3v) is 3.29. The lowest BCUT2D eigenvalue weighted by atomic mass is 10.2. The molecule has 1 aromatic heterocycles. The van der Waals surface area contributed by atoms with E-state index in [0.717, 1.165) is 18.4 Å². The fraction of sp³-hybridized carbons (Fsp3) is 0.333. The van der Waals surface area contributed by atoms with E-state index in [-0.39, 0.29) is 5.82 Å². The largest absolute Gasteiger partial charge is 0.438 e. The molecule has 0 amide bonds. The van der Waals surface area contributed by atoms with Crippen LogP contribution in [0.4, 0.5) is 4.39 Å². The quantitative estimate of drug-likeness (QED) is 0.771. The van der Waals surface area contributed by atoms with E-state index in [4.69, 9.17) is 16.3 Å². The topological polar surface area (TPSA) is 35.0 Å². The van der Waals surface area contributed by atoms with Crippen molar-refractivity contribution in [2.75, 3.05) is 0 Å². The Morgan fingerprint density at radius 3 is 2.70 bits per heavy atom. The Bertz CT molecular complexity index is 632. The van der Waals surface area contributed by atoms with Crippen molar-refractivity contribution in [3.8, 4) is 11.6 Å². The molecule has 0 fully saturated rings. The monoisotopic (exact) mass is 294 g/mol. The first-order chi connectivity index (χ1) is 9.51. The first-order valence-electron chi connectivity index (χ1n) is 6.48. The second-order valence-electron chi connectivity index (χ2n) is 4.62. The zero-order chi connectivity index (χ0) is 14.7. The van der Waals surface area contributed by atoms with E-state index in [0.29, 0.717) is 28.2 Å². The molecule has 2 aromatic rings. The predicted octanol–water partition coefficient (Wildman–Crippen LogP) is 4.63. The number of rotatable bonds is 4. The molecule has 0 spiro atoms. The summed E-state index contributed by atoms with van der Waals surface area (Å²) in [5.41, 5.74) is 1.48. The van der Waals surface area contributed by atoms with Crippen LogP contribution in [0, 0.1) is 19.7 Å². The van der Waals surface area contributed by atoms with Crippen LogP contribution in [-0.4, -0.2) is 9.97 Å². The zero-order valence-corrected chi connectivity index (χ0v) is 12.5. The maximum atomic E-state index is 13.3. The van der Waals surface area contributed by atoms with Crippen molar-refractivity contribution in [3.63, 3.8) is 0 Å². The van der Waals surface area contributed by atoms with Crippen molar-refractivity contribution in [2.24, 2.45) is 0 Å². The van der Waals surface area contributed by atoms with Gasteiger partial charge in [-0.3, -0.25) is 0 Å². The van der Waals surface area contributed by atoms with Gasteiger partial charge in [-0.1, -0.05) is 24.6 Å². The van der Waals surface area contributed by atoms with Gasteiger partial charge in [0.2, 0.25) is 5.88 Å². The molecule has 0 bridgehead atoms. The summed E-state index contributed by atoms with van der Waals surface area (Å²) >= 11 is 6.09. The molecule has 0 unspecified atom stereocenters. The highest BCUT2D eigenvalue weighted by Crippen LogP contribution is 2.29. The number of hydrogen-bond donors (Lipinski definition) is 0. The maximum absolute atomic E-state index is 13.3. The van der Waals surface area contributed by atoms with E-state index in [1.54, 1.807) is 13.0 Å². The molecular weight excluding hydrogens is 279 g/mol. The summed E-state index contributed by atoms with van der Waals surface area (Å²) in [6.45, 7) is 5.66. The van der Waals surface area contributed by atoms with Crippen molar-refractivity contribution in [3.05, 3.63) is 46.1 Å². The van der Waals surface area contributed by atoms with Crippen LogP contribution in [0.3, 0.4) is 0 Å². The van der Waals surface area contributed by atoms with E-state index in [1.807, 2.05) is 13.8 Å². The number of halogens is 2. The third-order valence-electron chi connectivity index (χ3n) is 2.92. The van der Waals surface area contributed by atoms with Crippen LogP contribution in [0.1, 0.15) is 30.3 Å². The minimum atomic E-state index is -0.350. The van der Waals surface area contributed by atoms with Gasteiger partial charge < -0.3 is 4.74 Å². The summed E-state index contributed by atoms with van der Waals surface area (Å²) in [5, 5.41) is 0.368. The van der Waals surface area contributed by atoms with E-state index < -0.39 is 0 Å². The van der Waals surface area contributed by atoms with Gasteiger partial charge in [0.1, 0.15) is 22.5 Å². The second kappa shape index (κ2) is 6.18. The molecule has 3 nitrogen and oxygen atoms in total. The molecule has 2 rings (SSSR count). The first-order valence-corrected chi connectivity index (χ1v) is 6.86. The fourth-order valence-corrected chi connectivity index (χ4v) is 1.91. The van der Waals surface area contributed by atoms with Crippen LogP contribution in [0.15, 0.2) is 18.2 Å². The van der Waals surface area contributed by atoms with Crippen LogP contribution >= 0.6 is 11.6 Å². The Labute approximate surface area is 122 Å². The smallest absolute Gasteiger partial charge is 0.227 e. The predicted molar refractivity (Wildman–Crippen MR) is 77.0 cm³/mol. The van der Waals surface area contributed by atoms with Gasteiger partial charge >= 0.3 is 0 Å². The molecule has 0 atom stereocenters. The third kappa shape index (κ3) is 3.25. The minimum absolute atomic E-state index is 0.350. The normalized spacial score (nSPS) is 10.7. The van der Waals surface area contributed by atoms with Gasteiger partial charge in [0.05, 0.1) is 0 Å². The van der Waals surface area contributed by atoms with E-state index in [2.05, 4.69) is 9.97 Å². The molecule has 0 aliphatic heterocycles. The number of hydrogen-bond acceptors (Lipinski definition) is 3. The number of aryl methyl sites for hydroxylation is 2. The highest BCUT2D eigenvalue weighted by atomic mass is 35.5. The van der Waals surface area contributed by atoms with Gasteiger partial charge in [0.25, 0.3) is 0 Å². The minimum Gasteiger partial charge on any atom is -0.438 e. The lowest BCUT2D eigenvalue weighted by Crippen LogP contribution is -2.01. The SMILES string of the molecule is CCCc1nc(Cl)c(C)c(Oc2cc(F)ccc2C)n1. The Kier molecular flexibility index (Phi) is 4.55. The van der Waals surface area contributed by atoms with Crippen molar-refractivity contribution >= 4 is 11.6 Å². The Hall–Kier alpha value is -1.68. The molecule has 20 heavy (non-hydrogen) atoms. The van der Waals surface area contributed by atoms with Gasteiger partial charge in [0, 0.05) is 18.1 Å². The molecule has 0 aliphatic carbocycles. The molecule has 0 saturated heterocycles. The average molecular weight is 295 g/mol. The van der Waals surface area contributed by atoms with Gasteiger partial charge in [0.15, 0.2) is 0 Å². The lowest BCUT2D eigenvalue weighted by molar-refractivity contribution is 0.446. The van der Waals surface area contributed by atoms with Crippen molar-refractivity contribution in [1.82, 2.24) is 9.97 Å². The summed E-state index contributed by atoms with van der Waals surface area (Å²) in [6.07, 6.45) is 1.64. The number of benzene rings is 1. The standard InChI is InChI=1S/C15H16ClFN2O/c1-4-5-13-18-14(16)10(3)15(19-13)20-12-8-11(17)7-6-9(12)2/h6-8H,4-5H2,1-3H3. The molecule has 0 aliphatic rings. The molecule has 0 N–H and O–H groups in total. The van der Waals surface area contributed by atoms with Crippen molar-refractivity contribution in [2.45, 2.75) is 33.6 Å². The van der Waals surface area contributed by atoms with Crippen molar-refractivity contribution < 1.29 is 9.13 Å². The van der Waals surface area contributed by atoms with Crippen LogP contribution < -0.4 is 4.74 Å². The molecule has 0 radical (unpaired) electrons. The summed E-state index contributed by atoms with van der Waals surface area (Å²) in [6, 6.07) is 4.39. The molecule has 1 heterocycles. The van der Waals surface area contributed by atoms with Crippen LogP contribution in [-0.2, 0) is 6.42 Å². The van der Waals surface area contributed by atoms with Crippen LogP contribution in [0.25, 0.3) is 0 Å².